The lowest BCUT2D eigenvalue weighted by molar-refractivity contribution is 0.290. The van der Waals surface area contributed by atoms with Crippen LogP contribution in [0.2, 0.25) is 5.02 Å². The Morgan fingerprint density at radius 2 is 1.58 bits per heavy atom. The van der Waals surface area contributed by atoms with Crippen LogP contribution in [0.3, 0.4) is 0 Å². The number of rotatable bonds is 6. The summed E-state index contributed by atoms with van der Waals surface area (Å²) in [7, 11) is -1.19. The molecule has 1 aromatic heterocycles. The molecule has 0 aliphatic heterocycles. The predicted octanol–water partition coefficient (Wildman–Crippen LogP) is 3.21. The molecule has 136 valence electrons. The van der Waals surface area contributed by atoms with Gasteiger partial charge in [0.25, 0.3) is 10.1 Å². The highest BCUT2D eigenvalue weighted by atomic mass is 35.5. The molecular weight excluding hydrogens is 380 g/mol. The van der Waals surface area contributed by atoms with Crippen molar-refractivity contribution in [3.8, 4) is 11.8 Å². The van der Waals surface area contributed by atoms with E-state index in [1.807, 2.05) is 0 Å². The summed E-state index contributed by atoms with van der Waals surface area (Å²) >= 11 is 6.14. The highest BCUT2D eigenvalue weighted by Gasteiger charge is 2.20. The molecule has 2 aromatic carbocycles. The quantitative estimate of drug-likeness (QED) is 0.593. The fourth-order valence-corrected chi connectivity index (χ4v) is 3.67. The molecule has 0 bridgehead atoms. The standard InChI is InChI=1S/C17H15ClN2O5S/c1-23-16-9-17(24-2)20-15(19-16)10-25-26(21,22)14-8-7-13(18)11-5-3-4-6-12(11)14/h3-9H,10H2,1-2H3. The largest absolute Gasteiger partial charge is 0.481 e. The number of methoxy groups -OCH3 is 2. The predicted molar refractivity (Wildman–Crippen MR) is 96.1 cm³/mol. The van der Waals surface area contributed by atoms with Crippen molar-refractivity contribution >= 4 is 32.5 Å². The van der Waals surface area contributed by atoms with Gasteiger partial charge in [-0.1, -0.05) is 35.9 Å². The number of benzene rings is 2. The highest BCUT2D eigenvalue weighted by Crippen LogP contribution is 2.30. The number of fused-ring (bicyclic) bond motifs is 1. The Morgan fingerprint density at radius 3 is 2.19 bits per heavy atom. The first-order valence-corrected chi connectivity index (χ1v) is 9.26. The van der Waals surface area contributed by atoms with Crippen molar-refractivity contribution in [2.24, 2.45) is 0 Å². The zero-order valence-electron chi connectivity index (χ0n) is 14.0. The molecule has 0 aliphatic carbocycles. The lowest BCUT2D eigenvalue weighted by atomic mass is 10.1. The molecule has 0 radical (unpaired) electrons. The number of ether oxygens (including phenoxy) is 2. The Labute approximate surface area is 155 Å². The van der Waals surface area contributed by atoms with E-state index in [1.54, 1.807) is 24.3 Å². The summed E-state index contributed by atoms with van der Waals surface area (Å²) in [5, 5.41) is 1.56. The molecular formula is C17H15ClN2O5S. The van der Waals surface area contributed by atoms with Crippen LogP contribution in [-0.2, 0) is 20.9 Å². The van der Waals surface area contributed by atoms with E-state index in [2.05, 4.69) is 9.97 Å². The van der Waals surface area contributed by atoms with Gasteiger partial charge in [-0.05, 0) is 12.1 Å². The lowest BCUT2D eigenvalue weighted by Gasteiger charge is -2.10. The molecule has 0 saturated heterocycles. The van der Waals surface area contributed by atoms with Crippen molar-refractivity contribution < 1.29 is 22.1 Å². The summed E-state index contributed by atoms with van der Waals surface area (Å²) in [5.41, 5.74) is 0. The van der Waals surface area contributed by atoms with Gasteiger partial charge in [0.05, 0.1) is 20.3 Å². The van der Waals surface area contributed by atoms with Crippen LogP contribution in [0.4, 0.5) is 0 Å². The van der Waals surface area contributed by atoms with Crippen LogP contribution in [0.1, 0.15) is 5.82 Å². The minimum Gasteiger partial charge on any atom is -0.481 e. The van der Waals surface area contributed by atoms with Crippen LogP contribution >= 0.6 is 11.6 Å². The fraction of sp³-hybridized carbons (Fsp3) is 0.176. The smallest absolute Gasteiger partial charge is 0.298 e. The van der Waals surface area contributed by atoms with Gasteiger partial charge >= 0.3 is 0 Å². The van der Waals surface area contributed by atoms with Crippen molar-refractivity contribution in [1.82, 2.24) is 9.97 Å². The SMILES string of the molecule is COc1cc(OC)nc(COS(=O)(=O)c2ccc(Cl)c3ccccc23)n1. The number of nitrogens with zero attached hydrogens (tertiary/aromatic N) is 2. The molecule has 3 rings (SSSR count). The Morgan fingerprint density at radius 1 is 0.962 bits per heavy atom. The van der Waals surface area contributed by atoms with Crippen molar-refractivity contribution in [2.45, 2.75) is 11.5 Å². The highest BCUT2D eigenvalue weighted by molar-refractivity contribution is 7.87. The van der Waals surface area contributed by atoms with E-state index in [0.29, 0.717) is 15.8 Å². The van der Waals surface area contributed by atoms with Gasteiger partial charge in [-0.3, -0.25) is 4.18 Å². The van der Waals surface area contributed by atoms with Crippen LogP contribution in [0, 0.1) is 0 Å². The van der Waals surface area contributed by atoms with Gasteiger partial charge < -0.3 is 9.47 Å². The number of hydrogen-bond acceptors (Lipinski definition) is 7. The molecule has 3 aromatic rings. The molecule has 26 heavy (non-hydrogen) atoms. The third-order valence-electron chi connectivity index (χ3n) is 3.59. The molecule has 0 spiro atoms. The summed E-state index contributed by atoms with van der Waals surface area (Å²) in [4.78, 5) is 8.12. The van der Waals surface area contributed by atoms with Crippen LogP contribution in [0.15, 0.2) is 47.4 Å². The number of halogens is 1. The van der Waals surface area contributed by atoms with Gasteiger partial charge in [0, 0.05) is 15.8 Å². The van der Waals surface area contributed by atoms with Crippen molar-refractivity contribution in [2.75, 3.05) is 14.2 Å². The molecule has 1 heterocycles. The van der Waals surface area contributed by atoms with E-state index in [-0.39, 0.29) is 29.1 Å². The van der Waals surface area contributed by atoms with Crippen molar-refractivity contribution in [3.05, 3.63) is 53.3 Å². The minimum atomic E-state index is -4.06. The first-order chi connectivity index (χ1) is 12.4. The van der Waals surface area contributed by atoms with E-state index in [9.17, 15) is 8.42 Å². The summed E-state index contributed by atoms with van der Waals surface area (Å²) in [5.74, 6) is 0.595. The first kappa shape index (κ1) is 18.4. The summed E-state index contributed by atoms with van der Waals surface area (Å²) in [6, 6.07) is 11.3. The summed E-state index contributed by atoms with van der Waals surface area (Å²) in [6.45, 7) is -0.368. The molecule has 9 heteroatoms. The average molecular weight is 395 g/mol. The number of hydrogen-bond donors (Lipinski definition) is 0. The molecule has 0 fully saturated rings. The maximum Gasteiger partial charge on any atom is 0.298 e. The zero-order chi connectivity index (χ0) is 18.7. The van der Waals surface area contributed by atoms with Crippen molar-refractivity contribution in [1.29, 1.82) is 0 Å². The third kappa shape index (κ3) is 3.72. The molecule has 7 nitrogen and oxygen atoms in total. The minimum absolute atomic E-state index is 0.0207. The van der Waals surface area contributed by atoms with Crippen LogP contribution in [0.25, 0.3) is 10.8 Å². The molecule has 0 amide bonds. The Bertz CT molecular complexity index is 1030. The topological polar surface area (TPSA) is 87.6 Å². The second kappa shape index (κ2) is 7.45. The molecule has 0 aliphatic rings. The van der Waals surface area contributed by atoms with Gasteiger partial charge in [-0.15, -0.1) is 0 Å². The molecule has 0 atom stereocenters. The van der Waals surface area contributed by atoms with Gasteiger partial charge in [0.2, 0.25) is 11.8 Å². The van der Waals surface area contributed by atoms with Gasteiger partial charge in [-0.2, -0.15) is 18.4 Å². The van der Waals surface area contributed by atoms with E-state index >= 15 is 0 Å². The maximum atomic E-state index is 12.7. The lowest BCUT2D eigenvalue weighted by Crippen LogP contribution is -2.10. The monoisotopic (exact) mass is 394 g/mol. The fourth-order valence-electron chi connectivity index (χ4n) is 2.37. The van der Waals surface area contributed by atoms with E-state index < -0.39 is 10.1 Å². The average Bonchev–Trinajstić information content (AvgIpc) is 2.66. The normalized spacial score (nSPS) is 11.5. The molecule has 0 unspecified atom stereocenters. The first-order valence-electron chi connectivity index (χ1n) is 7.47. The van der Waals surface area contributed by atoms with Crippen LogP contribution < -0.4 is 9.47 Å². The second-order valence-electron chi connectivity index (χ2n) is 5.18. The zero-order valence-corrected chi connectivity index (χ0v) is 15.5. The van der Waals surface area contributed by atoms with Gasteiger partial charge in [-0.25, -0.2) is 0 Å². The van der Waals surface area contributed by atoms with Gasteiger partial charge in [0.1, 0.15) is 11.5 Å². The van der Waals surface area contributed by atoms with Crippen LogP contribution in [0.5, 0.6) is 11.8 Å². The van der Waals surface area contributed by atoms with Crippen molar-refractivity contribution in [3.63, 3.8) is 0 Å². The Balaban J connectivity index is 1.92. The summed E-state index contributed by atoms with van der Waals surface area (Å²) in [6.07, 6.45) is 0. The molecule has 0 saturated carbocycles. The van der Waals surface area contributed by atoms with Gasteiger partial charge in [0.15, 0.2) is 5.82 Å². The van der Waals surface area contributed by atoms with E-state index in [4.69, 9.17) is 25.3 Å². The number of aromatic nitrogens is 2. The molecule has 0 N–H and O–H groups in total. The third-order valence-corrected chi connectivity index (χ3v) is 5.24. The van der Waals surface area contributed by atoms with E-state index in [1.165, 1.54) is 32.4 Å². The van der Waals surface area contributed by atoms with Crippen LogP contribution in [-0.4, -0.2) is 32.6 Å². The second-order valence-corrected chi connectivity index (χ2v) is 7.17. The van der Waals surface area contributed by atoms with E-state index in [0.717, 1.165) is 0 Å². The Kier molecular flexibility index (Phi) is 5.26. The Hall–Kier alpha value is -2.42. The summed E-state index contributed by atoms with van der Waals surface area (Å²) < 4.78 is 40.5. The maximum absolute atomic E-state index is 12.7.